The Morgan fingerprint density at radius 3 is 2.53 bits per heavy atom. The van der Waals surface area contributed by atoms with E-state index in [2.05, 4.69) is 5.32 Å². The summed E-state index contributed by atoms with van der Waals surface area (Å²) in [5.74, 6) is -0.0953. The van der Waals surface area contributed by atoms with Crippen LogP contribution in [0.3, 0.4) is 0 Å². The second-order valence-corrected chi connectivity index (χ2v) is 5.77. The first-order valence-corrected chi connectivity index (χ1v) is 7.08. The highest BCUT2D eigenvalue weighted by molar-refractivity contribution is 5.94. The highest BCUT2D eigenvalue weighted by Crippen LogP contribution is 2.27. The Bertz CT molecular complexity index is 462. The van der Waals surface area contributed by atoms with Gasteiger partial charge in [-0.25, -0.2) is 0 Å². The van der Waals surface area contributed by atoms with E-state index in [0.717, 1.165) is 31.2 Å². The molecular formula is C16H23NO2. The summed E-state index contributed by atoms with van der Waals surface area (Å²) in [6, 6.07) is 5.69. The second kappa shape index (κ2) is 5.74. The van der Waals surface area contributed by atoms with Gasteiger partial charge >= 0.3 is 0 Å². The van der Waals surface area contributed by atoms with E-state index >= 15 is 0 Å². The highest BCUT2D eigenvalue weighted by Gasteiger charge is 2.29. The summed E-state index contributed by atoms with van der Waals surface area (Å²) < 4.78 is 0. The van der Waals surface area contributed by atoms with E-state index in [0.29, 0.717) is 12.1 Å². The van der Waals surface area contributed by atoms with Crippen LogP contribution in [-0.4, -0.2) is 23.2 Å². The summed E-state index contributed by atoms with van der Waals surface area (Å²) in [7, 11) is 0. The Hall–Kier alpha value is -1.35. The van der Waals surface area contributed by atoms with Gasteiger partial charge in [-0.15, -0.1) is 0 Å². The number of benzene rings is 1. The van der Waals surface area contributed by atoms with Gasteiger partial charge < -0.3 is 10.4 Å². The van der Waals surface area contributed by atoms with Crippen molar-refractivity contribution in [3.8, 4) is 0 Å². The van der Waals surface area contributed by atoms with Gasteiger partial charge in [-0.3, -0.25) is 4.79 Å². The molecule has 2 N–H and O–H groups in total. The van der Waals surface area contributed by atoms with Gasteiger partial charge in [0.15, 0.2) is 0 Å². The van der Waals surface area contributed by atoms with Crippen LogP contribution in [0.25, 0.3) is 0 Å². The number of aliphatic hydroxyl groups is 1. The smallest absolute Gasteiger partial charge is 0.251 e. The van der Waals surface area contributed by atoms with Gasteiger partial charge in [-0.1, -0.05) is 25.3 Å². The van der Waals surface area contributed by atoms with Gasteiger partial charge in [0, 0.05) is 12.1 Å². The fourth-order valence-electron chi connectivity index (χ4n) is 2.62. The van der Waals surface area contributed by atoms with Crippen LogP contribution in [0.2, 0.25) is 0 Å². The zero-order valence-corrected chi connectivity index (χ0v) is 11.8. The summed E-state index contributed by atoms with van der Waals surface area (Å²) in [6.07, 6.45) is 4.87. The number of aryl methyl sites for hydroxylation is 2. The van der Waals surface area contributed by atoms with Gasteiger partial charge in [0.05, 0.1) is 5.60 Å². The first kappa shape index (κ1) is 14.1. The second-order valence-electron chi connectivity index (χ2n) is 5.77. The number of rotatable bonds is 3. The van der Waals surface area contributed by atoms with E-state index in [1.165, 1.54) is 12.0 Å². The predicted octanol–water partition coefficient (Wildman–Crippen LogP) is 2.73. The molecule has 0 aliphatic heterocycles. The quantitative estimate of drug-likeness (QED) is 0.879. The van der Waals surface area contributed by atoms with E-state index in [1.807, 2.05) is 32.0 Å². The number of carbonyl (C=O) groups excluding carboxylic acids is 1. The van der Waals surface area contributed by atoms with E-state index in [4.69, 9.17) is 0 Å². The average Bonchev–Trinajstić information content (AvgIpc) is 2.40. The van der Waals surface area contributed by atoms with Crippen molar-refractivity contribution >= 4 is 5.91 Å². The maximum atomic E-state index is 12.1. The minimum atomic E-state index is -0.701. The molecule has 0 heterocycles. The predicted molar refractivity (Wildman–Crippen MR) is 76.3 cm³/mol. The maximum absolute atomic E-state index is 12.1. The van der Waals surface area contributed by atoms with Crippen LogP contribution in [-0.2, 0) is 0 Å². The molecule has 3 nitrogen and oxygen atoms in total. The molecule has 0 radical (unpaired) electrons. The summed E-state index contributed by atoms with van der Waals surface area (Å²) in [4.78, 5) is 12.1. The molecule has 3 heteroatoms. The molecule has 1 aliphatic carbocycles. The number of hydrogen-bond acceptors (Lipinski definition) is 2. The molecule has 1 fully saturated rings. The molecule has 1 amide bonds. The van der Waals surface area contributed by atoms with Gasteiger partial charge in [0.2, 0.25) is 0 Å². The normalized spacial score (nSPS) is 18.1. The Morgan fingerprint density at radius 2 is 1.89 bits per heavy atom. The average molecular weight is 261 g/mol. The lowest BCUT2D eigenvalue weighted by molar-refractivity contribution is 0.00526. The number of nitrogens with one attached hydrogen (secondary N) is 1. The monoisotopic (exact) mass is 261 g/mol. The third-order valence-corrected chi connectivity index (χ3v) is 4.13. The lowest BCUT2D eigenvalue weighted by Crippen LogP contribution is -2.44. The largest absolute Gasteiger partial charge is 0.388 e. The SMILES string of the molecule is Cc1ccc(C(=O)NCC2(O)CCCCC2)cc1C. The van der Waals surface area contributed by atoms with E-state index < -0.39 is 5.60 Å². The topological polar surface area (TPSA) is 49.3 Å². The molecule has 1 aromatic carbocycles. The lowest BCUT2D eigenvalue weighted by atomic mass is 9.85. The van der Waals surface area contributed by atoms with Crippen molar-refractivity contribution in [1.29, 1.82) is 0 Å². The van der Waals surface area contributed by atoms with Crippen molar-refractivity contribution in [1.82, 2.24) is 5.32 Å². The van der Waals surface area contributed by atoms with Crippen LogP contribution in [0.4, 0.5) is 0 Å². The van der Waals surface area contributed by atoms with E-state index in [-0.39, 0.29) is 5.91 Å². The third kappa shape index (κ3) is 3.57. The molecule has 0 spiro atoms. The van der Waals surface area contributed by atoms with Gasteiger partial charge in [0.1, 0.15) is 0 Å². The molecule has 1 aliphatic rings. The van der Waals surface area contributed by atoms with Crippen LogP contribution >= 0.6 is 0 Å². The van der Waals surface area contributed by atoms with E-state index in [1.54, 1.807) is 0 Å². The molecule has 1 saturated carbocycles. The number of hydrogen-bond donors (Lipinski definition) is 2. The van der Waals surface area contributed by atoms with E-state index in [9.17, 15) is 9.90 Å². The maximum Gasteiger partial charge on any atom is 0.251 e. The van der Waals surface area contributed by atoms with Crippen LogP contribution in [0.5, 0.6) is 0 Å². The van der Waals surface area contributed by atoms with Crippen molar-refractivity contribution in [2.75, 3.05) is 6.54 Å². The van der Waals surface area contributed by atoms with Crippen molar-refractivity contribution in [2.24, 2.45) is 0 Å². The number of carbonyl (C=O) groups is 1. The van der Waals surface area contributed by atoms with Crippen LogP contribution in [0, 0.1) is 13.8 Å². The zero-order valence-electron chi connectivity index (χ0n) is 11.8. The van der Waals surface area contributed by atoms with Crippen molar-refractivity contribution in [3.05, 3.63) is 34.9 Å². The minimum Gasteiger partial charge on any atom is -0.388 e. The molecular weight excluding hydrogens is 238 g/mol. The Labute approximate surface area is 115 Å². The Morgan fingerprint density at radius 1 is 1.21 bits per heavy atom. The summed E-state index contributed by atoms with van der Waals surface area (Å²) in [5, 5.41) is 13.2. The molecule has 19 heavy (non-hydrogen) atoms. The third-order valence-electron chi connectivity index (χ3n) is 4.13. The molecule has 0 saturated heterocycles. The first-order chi connectivity index (χ1) is 9.00. The van der Waals surface area contributed by atoms with Crippen LogP contribution < -0.4 is 5.32 Å². The van der Waals surface area contributed by atoms with Gasteiger partial charge in [-0.05, 0) is 49.9 Å². The van der Waals surface area contributed by atoms with Crippen LogP contribution in [0.15, 0.2) is 18.2 Å². The van der Waals surface area contributed by atoms with Crippen molar-refractivity contribution in [2.45, 2.75) is 51.6 Å². The Balaban J connectivity index is 1.95. The standard InChI is InChI=1S/C16H23NO2/c1-12-6-7-14(10-13(12)2)15(18)17-11-16(19)8-4-3-5-9-16/h6-7,10,19H,3-5,8-9,11H2,1-2H3,(H,17,18). The molecule has 104 valence electrons. The number of amides is 1. The fourth-order valence-corrected chi connectivity index (χ4v) is 2.62. The summed E-state index contributed by atoms with van der Waals surface area (Å²) in [5.41, 5.74) is 2.27. The molecule has 0 aromatic heterocycles. The highest BCUT2D eigenvalue weighted by atomic mass is 16.3. The summed E-state index contributed by atoms with van der Waals surface area (Å²) in [6.45, 7) is 4.39. The molecule has 0 unspecified atom stereocenters. The fraction of sp³-hybridized carbons (Fsp3) is 0.562. The summed E-state index contributed by atoms with van der Waals surface area (Å²) >= 11 is 0. The molecule has 0 atom stereocenters. The molecule has 2 rings (SSSR count). The first-order valence-electron chi connectivity index (χ1n) is 7.08. The van der Waals surface area contributed by atoms with Crippen molar-refractivity contribution < 1.29 is 9.90 Å². The van der Waals surface area contributed by atoms with Gasteiger partial charge in [0.25, 0.3) is 5.91 Å². The lowest BCUT2D eigenvalue weighted by Gasteiger charge is -2.32. The zero-order chi connectivity index (χ0) is 13.9. The van der Waals surface area contributed by atoms with Crippen molar-refractivity contribution in [3.63, 3.8) is 0 Å². The molecule has 1 aromatic rings. The minimum absolute atomic E-state index is 0.0953. The Kier molecular flexibility index (Phi) is 4.25. The molecule has 0 bridgehead atoms. The van der Waals surface area contributed by atoms with Crippen LogP contribution in [0.1, 0.15) is 53.6 Å². The van der Waals surface area contributed by atoms with Gasteiger partial charge in [-0.2, -0.15) is 0 Å².